The second-order valence-corrected chi connectivity index (χ2v) is 6.29. The van der Waals surface area contributed by atoms with Crippen molar-refractivity contribution < 1.29 is 0 Å². The Morgan fingerprint density at radius 3 is 2.54 bits per heavy atom. The fourth-order valence-electron chi connectivity index (χ4n) is 2.95. The molecule has 2 aromatic rings. The van der Waals surface area contributed by atoms with E-state index in [2.05, 4.69) is 35.8 Å². The number of hydrogen-bond donors (Lipinski definition) is 0. The first-order chi connectivity index (χ1) is 11.7. The lowest BCUT2D eigenvalue weighted by molar-refractivity contribution is 0.728. The van der Waals surface area contributed by atoms with E-state index in [1.807, 2.05) is 31.3 Å². The molecule has 0 atom stereocenters. The van der Waals surface area contributed by atoms with E-state index in [0.717, 1.165) is 35.9 Å². The summed E-state index contributed by atoms with van der Waals surface area (Å²) in [5.41, 5.74) is 2.23. The average molecular weight is 323 g/mol. The standard InChI is InChI=1S/C22H29NO/c1-3-4-5-6-7-8-9-10-11-12-15-19-18-22(24)20-16-13-14-17-21(20)23(19)2/h7-8,10-11,13-14,16-18H,3-6,9,12,15H2,1-2H3/b8-7-,11-10-. The summed E-state index contributed by atoms with van der Waals surface area (Å²) >= 11 is 0. The number of allylic oxidation sites excluding steroid dienone is 4. The molecule has 1 heterocycles. The van der Waals surface area contributed by atoms with Crippen molar-refractivity contribution in [1.29, 1.82) is 0 Å². The third-order valence-electron chi connectivity index (χ3n) is 4.41. The van der Waals surface area contributed by atoms with Crippen molar-refractivity contribution >= 4 is 10.9 Å². The van der Waals surface area contributed by atoms with Gasteiger partial charge < -0.3 is 4.57 Å². The molecule has 0 spiro atoms. The van der Waals surface area contributed by atoms with Crippen molar-refractivity contribution in [2.45, 2.75) is 51.9 Å². The summed E-state index contributed by atoms with van der Waals surface area (Å²) in [6.07, 6.45) is 16.9. The van der Waals surface area contributed by atoms with Crippen LogP contribution in [0.4, 0.5) is 0 Å². The van der Waals surface area contributed by atoms with Gasteiger partial charge in [-0.25, -0.2) is 0 Å². The van der Waals surface area contributed by atoms with Crippen LogP contribution in [0.5, 0.6) is 0 Å². The fraction of sp³-hybridized carbons (Fsp3) is 0.409. The third-order valence-corrected chi connectivity index (χ3v) is 4.41. The van der Waals surface area contributed by atoms with Gasteiger partial charge in [0.2, 0.25) is 0 Å². The van der Waals surface area contributed by atoms with Crippen LogP contribution in [0.3, 0.4) is 0 Å². The maximum atomic E-state index is 12.2. The van der Waals surface area contributed by atoms with Crippen molar-refractivity contribution in [3.8, 4) is 0 Å². The zero-order chi connectivity index (χ0) is 17.2. The zero-order valence-corrected chi connectivity index (χ0v) is 15.0. The smallest absolute Gasteiger partial charge is 0.189 e. The predicted molar refractivity (Wildman–Crippen MR) is 105 cm³/mol. The Morgan fingerprint density at radius 1 is 1.00 bits per heavy atom. The molecule has 0 N–H and O–H groups in total. The maximum absolute atomic E-state index is 12.2. The molecular formula is C22H29NO. The molecule has 0 aliphatic rings. The van der Waals surface area contributed by atoms with Gasteiger partial charge in [-0.15, -0.1) is 0 Å². The van der Waals surface area contributed by atoms with Gasteiger partial charge in [-0.05, 0) is 44.2 Å². The Labute approximate surface area is 145 Å². The molecule has 2 rings (SSSR count). The summed E-state index contributed by atoms with van der Waals surface area (Å²) in [6, 6.07) is 9.59. The van der Waals surface area contributed by atoms with Gasteiger partial charge in [-0.1, -0.05) is 56.2 Å². The van der Waals surface area contributed by atoms with E-state index < -0.39 is 0 Å². The summed E-state index contributed by atoms with van der Waals surface area (Å²) in [5, 5.41) is 0.799. The molecule has 128 valence electrons. The monoisotopic (exact) mass is 323 g/mol. The number of nitrogens with zero attached hydrogens (tertiary/aromatic N) is 1. The fourth-order valence-corrected chi connectivity index (χ4v) is 2.95. The van der Waals surface area contributed by atoms with Crippen molar-refractivity contribution in [1.82, 2.24) is 4.57 Å². The summed E-state index contributed by atoms with van der Waals surface area (Å²) in [6.45, 7) is 2.23. The lowest BCUT2D eigenvalue weighted by atomic mass is 10.1. The molecular weight excluding hydrogens is 294 g/mol. The minimum Gasteiger partial charge on any atom is -0.347 e. The molecule has 0 aliphatic heterocycles. The highest BCUT2D eigenvalue weighted by molar-refractivity contribution is 5.79. The molecule has 0 amide bonds. The lowest BCUT2D eigenvalue weighted by Gasteiger charge is -2.11. The number of unbranched alkanes of at least 4 members (excludes halogenated alkanes) is 3. The van der Waals surface area contributed by atoms with E-state index >= 15 is 0 Å². The van der Waals surface area contributed by atoms with Crippen LogP contribution in [0.1, 0.15) is 51.1 Å². The molecule has 0 bridgehead atoms. The van der Waals surface area contributed by atoms with Crippen LogP contribution in [0, 0.1) is 0 Å². The number of benzene rings is 1. The van der Waals surface area contributed by atoms with Gasteiger partial charge in [-0.2, -0.15) is 0 Å². The SMILES string of the molecule is CCCCC/C=C\C/C=C\CCc1cc(=O)c2ccccc2n1C. The second-order valence-electron chi connectivity index (χ2n) is 6.29. The highest BCUT2D eigenvalue weighted by Crippen LogP contribution is 2.12. The maximum Gasteiger partial charge on any atom is 0.189 e. The van der Waals surface area contributed by atoms with Crippen molar-refractivity contribution in [2.75, 3.05) is 0 Å². The summed E-state index contributed by atoms with van der Waals surface area (Å²) in [4.78, 5) is 12.2. The number of pyridine rings is 1. The lowest BCUT2D eigenvalue weighted by Crippen LogP contribution is -2.11. The van der Waals surface area contributed by atoms with Gasteiger partial charge in [0.05, 0.1) is 5.52 Å². The van der Waals surface area contributed by atoms with Crippen molar-refractivity contribution in [2.24, 2.45) is 7.05 Å². The molecule has 24 heavy (non-hydrogen) atoms. The van der Waals surface area contributed by atoms with E-state index in [4.69, 9.17) is 0 Å². The Bertz CT molecular complexity index is 752. The van der Waals surface area contributed by atoms with E-state index in [-0.39, 0.29) is 5.43 Å². The zero-order valence-electron chi connectivity index (χ0n) is 15.0. The first kappa shape index (κ1) is 18.3. The molecule has 2 heteroatoms. The molecule has 0 fully saturated rings. The van der Waals surface area contributed by atoms with Crippen LogP contribution >= 0.6 is 0 Å². The molecule has 0 saturated heterocycles. The Kier molecular flexibility index (Phi) is 7.54. The molecule has 0 radical (unpaired) electrons. The average Bonchev–Trinajstić information content (AvgIpc) is 2.60. The van der Waals surface area contributed by atoms with Gasteiger partial charge in [0.1, 0.15) is 0 Å². The number of rotatable bonds is 9. The minimum atomic E-state index is 0.123. The van der Waals surface area contributed by atoms with Crippen LogP contribution in [-0.4, -0.2) is 4.57 Å². The quantitative estimate of drug-likeness (QED) is 0.438. The van der Waals surface area contributed by atoms with Gasteiger partial charge in [0.25, 0.3) is 0 Å². The van der Waals surface area contributed by atoms with E-state index in [1.54, 1.807) is 6.07 Å². The third kappa shape index (κ3) is 5.23. The number of fused-ring (bicyclic) bond motifs is 1. The number of aromatic nitrogens is 1. The molecule has 0 unspecified atom stereocenters. The van der Waals surface area contributed by atoms with Gasteiger partial charge in [-0.3, -0.25) is 4.79 Å². The first-order valence-electron chi connectivity index (χ1n) is 9.11. The first-order valence-corrected chi connectivity index (χ1v) is 9.11. The minimum absolute atomic E-state index is 0.123. The van der Waals surface area contributed by atoms with Gasteiger partial charge >= 0.3 is 0 Å². The normalized spacial score (nSPS) is 11.9. The van der Waals surface area contributed by atoms with Gasteiger partial charge in [0.15, 0.2) is 5.43 Å². The van der Waals surface area contributed by atoms with E-state index in [9.17, 15) is 4.79 Å². The van der Waals surface area contributed by atoms with Crippen LogP contribution < -0.4 is 5.43 Å². The molecule has 1 aromatic carbocycles. The van der Waals surface area contributed by atoms with Crippen LogP contribution in [0.15, 0.2) is 59.4 Å². The predicted octanol–water partition coefficient (Wildman–Crippen LogP) is 5.55. The Morgan fingerprint density at radius 2 is 1.75 bits per heavy atom. The van der Waals surface area contributed by atoms with E-state index in [1.165, 1.54) is 25.7 Å². The number of para-hydroxylation sites is 1. The second kappa shape index (κ2) is 9.92. The number of hydrogen-bond acceptors (Lipinski definition) is 1. The highest BCUT2D eigenvalue weighted by Gasteiger charge is 2.04. The highest BCUT2D eigenvalue weighted by atomic mass is 16.1. The van der Waals surface area contributed by atoms with Crippen molar-refractivity contribution in [3.63, 3.8) is 0 Å². The largest absolute Gasteiger partial charge is 0.347 e. The van der Waals surface area contributed by atoms with Crippen LogP contribution in [-0.2, 0) is 13.5 Å². The topological polar surface area (TPSA) is 22.0 Å². The summed E-state index contributed by atoms with van der Waals surface area (Å²) in [5.74, 6) is 0. The molecule has 1 aromatic heterocycles. The Balaban J connectivity index is 1.84. The molecule has 2 nitrogen and oxygen atoms in total. The summed E-state index contributed by atoms with van der Waals surface area (Å²) in [7, 11) is 2.04. The Hall–Kier alpha value is -2.09. The molecule has 0 aliphatic carbocycles. The summed E-state index contributed by atoms with van der Waals surface area (Å²) < 4.78 is 2.14. The van der Waals surface area contributed by atoms with Crippen LogP contribution in [0.2, 0.25) is 0 Å². The van der Waals surface area contributed by atoms with Gasteiger partial charge in [0, 0.05) is 24.2 Å². The van der Waals surface area contributed by atoms with Crippen molar-refractivity contribution in [3.05, 3.63) is 70.6 Å². The number of aryl methyl sites for hydroxylation is 2. The molecule has 0 saturated carbocycles. The van der Waals surface area contributed by atoms with E-state index in [0.29, 0.717) is 0 Å². The van der Waals surface area contributed by atoms with Crippen LogP contribution in [0.25, 0.3) is 10.9 Å².